The maximum Gasteiger partial charge on any atom is 0.0476 e. The summed E-state index contributed by atoms with van der Waals surface area (Å²) in [5.74, 6) is 0. The van der Waals surface area contributed by atoms with Crippen molar-refractivity contribution in [2.45, 2.75) is 19.3 Å². The third kappa shape index (κ3) is 4.38. The van der Waals surface area contributed by atoms with Crippen molar-refractivity contribution in [3.63, 3.8) is 0 Å². The van der Waals surface area contributed by atoms with Crippen molar-refractivity contribution >= 4 is 70.1 Å². The van der Waals surface area contributed by atoms with Crippen LogP contribution in [-0.2, 0) is 5.41 Å². The summed E-state index contributed by atoms with van der Waals surface area (Å²) in [4.78, 5) is 2.44. The fraction of sp³-hybridized carbons (Fsp3) is 0.0638. The zero-order valence-corrected chi connectivity index (χ0v) is 28.3. The van der Waals surface area contributed by atoms with E-state index >= 15 is 0 Å². The van der Waals surface area contributed by atoms with Gasteiger partial charge in [0.15, 0.2) is 0 Å². The Morgan fingerprint density at radius 2 is 1.08 bits per heavy atom. The normalized spacial score (nSPS) is 13.3. The Kier molecular flexibility index (Phi) is 6.16. The van der Waals surface area contributed by atoms with Gasteiger partial charge in [0, 0.05) is 42.6 Å². The molecular formula is C47H33NS. The van der Waals surface area contributed by atoms with Gasteiger partial charge in [-0.1, -0.05) is 129 Å². The molecule has 1 nitrogen and oxygen atoms in total. The zero-order chi connectivity index (χ0) is 32.7. The first-order valence-electron chi connectivity index (χ1n) is 17.0. The highest BCUT2D eigenvalue weighted by Crippen LogP contribution is 2.51. The van der Waals surface area contributed by atoms with Crippen LogP contribution in [0.5, 0.6) is 0 Å². The lowest BCUT2D eigenvalue weighted by Gasteiger charge is -2.28. The lowest BCUT2D eigenvalue weighted by molar-refractivity contribution is 0.660. The zero-order valence-electron chi connectivity index (χ0n) is 27.4. The van der Waals surface area contributed by atoms with Gasteiger partial charge in [-0.25, -0.2) is 0 Å². The first-order valence-corrected chi connectivity index (χ1v) is 17.8. The summed E-state index contributed by atoms with van der Waals surface area (Å²) in [5, 5.41) is 7.80. The molecule has 1 aliphatic rings. The van der Waals surface area contributed by atoms with E-state index in [1.807, 2.05) is 11.3 Å². The molecular weight excluding hydrogens is 611 g/mol. The molecule has 0 fully saturated rings. The monoisotopic (exact) mass is 643 g/mol. The molecule has 1 heterocycles. The van der Waals surface area contributed by atoms with Crippen LogP contribution >= 0.6 is 11.3 Å². The van der Waals surface area contributed by atoms with Crippen LogP contribution < -0.4 is 4.90 Å². The second kappa shape index (κ2) is 10.7. The number of hydrogen-bond acceptors (Lipinski definition) is 2. The van der Waals surface area contributed by atoms with Gasteiger partial charge < -0.3 is 4.90 Å². The van der Waals surface area contributed by atoms with E-state index in [9.17, 15) is 0 Å². The fourth-order valence-corrected chi connectivity index (χ4v) is 9.28. The van der Waals surface area contributed by atoms with Crippen molar-refractivity contribution in [3.8, 4) is 22.3 Å². The van der Waals surface area contributed by atoms with Gasteiger partial charge in [0.2, 0.25) is 0 Å². The average molecular weight is 644 g/mol. The molecule has 232 valence electrons. The molecule has 0 aliphatic heterocycles. The van der Waals surface area contributed by atoms with Gasteiger partial charge in [-0.3, -0.25) is 0 Å². The van der Waals surface area contributed by atoms with Crippen molar-refractivity contribution in [1.29, 1.82) is 0 Å². The highest BCUT2D eigenvalue weighted by molar-refractivity contribution is 7.26. The molecule has 2 heteroatoms. The molecule has 0 unspecified atom stereocenters. The minimum atomic E-state index is -0.0793. The Hall–Kier alpha value is -5.70. The molecule has 0 amide bonds. The second-order valence-corrected chi connectivity index (χ2v) is 14.9. The van der Waals surface area contributed by atoms with Gasteiger partial charge in [0.05, 0.1) is 0 Å². The fourth-order valence-electron chi connectivity index (χ4n) is 8.12. The van der Waals surface area contributed by atoms with Crippen molar-refractivity contribution < 1.29 is 0 Å². The van der Waals surface area contributed by atoms with Gasteiger partial charge in [-0.2, -0.15) is 0 Å². The SMILES string of the molecule is CC1(C)c2ccccc2-c2ccc(N(c3ccc(-c4ccc5ccccc5c4)cc3)c3ccc4c(c3)sc3ccc5ccccc5c34)cc21. The van der Waals surface area contributed by atoms with Crippen LogP contribution in [0.25, 0.3) is 64.0 Å². The highest BCUT2D eigenvalue weighted by atomic mass is 32.1. The third-order valence-corrected chi connectivity index (χ3v) is 11.8. The average Bonchev–Trinajstić information content (AvgIpc) is 3.64. The van der Waals surface area contributed by atoms with E-state index in [1.54, 1.807) is 0 Å². The lowest BCUT2D eigenvalue weighted by atomic mass is 9.82. The molecule has 0 bridgehead atoms. The summed E-state index contributed by atoms with van der Waals surface area (Å²) in [6.07, 6.45) is 0. The number of fused-ring (bicyclic) bond motifs is 9. The molecule has 0 saturated carbocycles. The van der Waals surface area contributed by atoms with E-state index in [0.29, 0.717) is 0 Å². The Labute approximate surface area is 290 Å². The van der Waals surface area contributed by atoms with E-state index in [0.717, 1.165) is 11.4 Å². The lowest BCUT2D eigenvalue weighted by Crippen LogP contribution is -2.16. The summed E-state index contributed by atoms with van der Waals surface area (Å²) in [6.45, 7) is 4.72. The van der Waals surface area contributed by atoms with Crippen molar-refractivity contribution in [2.75, 3.05) is 4.90 Å². The predicted octanol–water partition coefficient (Wildman–Crippen LogP) is 13.8. The second-order valence-electron chi connectivity index (χ2n) is 13.8. The van der Waals surface area contributed by atoms with E-state index in [4.69, 9.17) is 0 Å². The summed E-state index contributed by atoms with van der Waals surface area (Å²) in [6, 6.07) is 60.7. The number of anilines is 3. The Balaban J connectivity index is 1.14. The largest absolute Gasteiger partial charge is 0.310 e. The minimum absolute atomic E-state index is 0.0793. The van der Waals surface area contributed by atoms with E-state index in [1.165, 1.54) is 80.8 Å². The van der Waals surface area contributed by atoms with E-state index < -0.39 is 0 Å². The first-order chi connectivity index (χ1) is 24.0. The molecule has 1 aliphatic carbocycles. The maximum absolute atomic E-state index is 2.44. The smallest absolute Gasteiger partial charge is 0.0476 e. The molecule has 8 aromatic carbocycles. The van der Waals surface area contributed by atoms with Crippen LogP contribution in [0.2, 0.25) is 0 Å². The summed E-state index contributed by atoms with van der Waals surface area (Å²) in [5.41, 5.74) is 11.3. The summed E-state index contributed by atoms with van der Waals surface area (Å²) < 4.78 is 2.63. The Morgan fingerprint density at radius 3 is 1.96 bits per heavy atom. The quantitative estimate of drug-likeness (QED) is 0.184. The molecule has 1 aromatic heterocycles. The van der Waals surface area contributed by atoms with Crippen LogP contribution in [0.15, 0.2) is 164 Å². The van der Waals surface area contributed by atoms with Crippen LogP contribution in [0.4, 0.5) is 17.1 Å². The van der Waals surface area contributed by atoms with Crippen molar-refractivity contribution in [1.82, 2.24) is 0 Å². The minimum Gasteiger partial charge on any atom is -0.310 e. The van der Waals surface area contributed by atoms with Crippen molar-refractivity contribution in [2.24, 2.45) is 0 Å². The highest BCUT2D eigenvalue weighted by Gasteiger charge is 2.35. The number of nitrogens with zero attached hydrogens (tertiary/aromatic N) is 1. The van der Waals surface area contributed by atoms with E-state index in [-0.39, 0.29) is 5.41 Å². The van der Waals surface area contributed by atoms with Gasteiger partial charge in [-0.15, -0.1) is 11.3 Å². The summed E-state index contributed by atoms with van der Waals surface area (Å²) >= 11 is 1.88. The summed E-state index contributed by atoms with van der Waals surface area (Å²) in [7, 11) is 0. The first kappa shape index (κ1) is 28.3. The molecule has 0 radical (unpaired) electrons. The topological polar surface area (TPSA) is 3.24 Å². The molecule has 49 heavy (non-hydrogen) atoms. The van der Waals surface area contributed by atoms with Crippen molar-refractivity contribution in [3.05, 3.63) is 175 Å². The molecule has 9 aromatic rings. The van der Waals surface area contributed by atoms with Gasteiger partial charge in [0.25, 0.3) is 0 Å². The van der Waals surface area contributed by atoms with Gasteiger partial charge >= 0.3 is 0 Å². The van der Waals surface area contributed by atoms with Gasteiger partial charge in [0.1, 0.15) is 0 Å². The molecule has 10 rings (SSSR count). The maximum atomic E-state index is 2.44. The third-order valence-electron chi connectivity index (χ3n) is 10.6. The number of thiophene rings is 1. The molecule has 0 saturated heterocycles. The molecule has 0 atom stereocenters. The van der Waals surface area contributed by atoms with Gasteiger partial charge in [-0.05, 0) is 103 Å². The predicted molar refractivity (Wildman–Crippen MR) is 212 cm³/mol. The van der Waals surface area contributed by atoms with Crippen LogP contribution in [0, 0.1) is 0 Å². The van der Waals surface area contributed by atoms with Crippen LogP contribution in [0.3, 0.4) is 0 Å². The Morgan fingerprint density at radius 1 is 0.429 bits per heavy atom. The number of rotatable bonds is 4. The Bertz CT molecular complexity index is 2750. The standard InChI is InChI=1S/C47H33NS/c1-47(2)42-14-8-7-13-39(42)40-24-22-36(28-43(40)47)48(35-20-17-31(18-21-35)34-16-15-30-9-3-4-11-33(30)27-34)37-23-25-41-45(29-37)49-44-26-19-32-10-5-6-12-38(32)46(41)44/h3-29H,1-2H3. The number of benzene rings is 8. The molecule has 0 N–H and O–H groups in total. The van der Waals surface area contributed by atoms with Crippen LogP contribution in [-0.4, -0.2) is 0 Å². The number of hydrogen-bond donors (Lipinski definition) is 0. The van der Waals surface area contributed by atoms with E-state index in [2.05, 4.69) is 183 Å². The van der Waals surface area contributed by atoms with Crippen LogP contribution in [0.1, 0.15) is 25.0 Å². The molecule has 0 spiro atoms.